The van der Waals surface area contributed by atoms with Crippen LogP contribution in [0.2, 0.25) is 5.02 Å². The van der Waals surface area contributed by atoms with E-state index in [0.29, 0.717) is 56.1 Å². The molecule has 3 aliphatic heterocycles. The summed E-state index contributed by atoms with van der Waals surface area (Å²) in [6.07, 6.45) is 1.86. The number of benzene rings is 1. The van der Waals surface area contributed by atoms with Gasteiger partial charge in [-0.25, -0.2) is 14.4 Å². The second-order valence-corrected chi connectivity index (χ2v) is 10.7. The number of pyridine rings is 1. The van der Waals surface area contributed by atoms with E-state index in [0.717, 1.165) is 6.54 Å². The Morgan fingerprint density at radius 2 is 2.03 bits per heavy atom. The summed E-state index contributed by atoms with van der Waals surface area (Å²) in [5, 5.41) is 7.27. The fourth-order valence-electron chi connectivity index (χ4n) is 5.12. The third-order valence-electron chi connectivity index (χ3n) is 7.63. The van der Waals surface area contributed by atoms with Gasteiger partial charge < -0.3 is 14.4 Å². The van der Waals surface area contributed by atoms with Crippen molar-refractivity contribution in [1.82, 2.24) is 19.5 Å². The molecule has 11 heteroatoms. The van der Waals surface area contributed by atoms with E-state index in [4.69, 9.17) is 26.1 Å². The normalized spacial score (nSPS) is 24.2. The molecular weight excluding hydrogens is 499 g/mol. The summed E-state index contributed by atoms with van der Waals surface area (Å²) < 4.78 is 28.1. The molecule has 0 saturated carbocycles. The van der Waals surface area contributed by atoms with Crippen LogP contribution in [0.15, 0.2) is 34.2 Å². The maximum Gasteiger partial charge on any atom is 0.263 e. The van der Waals surface area contributed by atoms with Crippen molar-refractivity contribution in [2.45, 2.75) is 26.0 Å². The number of anilines is 1. The minimum absolute atomic E-state index is 0.123. The Kier molecular flexibility index (Phi) is 5.93. The van der Waals surface area contributed by atoms with Gasteiger partial charge in [0.2, 0.25) is 0 Å². The van der Waals surface area contributed by atoms with Crippen LogP contribution in [0.25, 0.3) is 22.2 Å². The Morgan fingerprint density at radius 3 is 2.76 bits per heavy atom. The van der Waals surface area contributed by atoms with Crippen LogP contribution in [0, 0.1) is 18.2 Å². The Hall–Kier alpha value is -3.08. The van der Waals surface area contributed by atoms with Crippen LogP contribution in [0.4, 0.5) is 10.2 Å². The zero-order valence-electron chi connectivity index (χ0n) is 20.9. The summed E-state index contributed by atoms with van der Waals surface area (Å²) in [5.74, 6) is 0.635. The highest BCUT2D eigenvalue weighted by molar-refractivity contribution is 6.30. The lowest BCUT2D eigenvalue weighted by Crippen LogP contribution is -2.54. The van der Waals surface area contributed by atoms with Crippen LogP contribution < -0.4 is 10.5 Å². The molecule has 2 saturated heterocycles. The Labute approximate surface area is 218 Å². The second kappa shape index (κ2) is 9.04. The van der Waals surface area contributed by atoms with E-state index >= 15 is 4.39 Å². The topological polar surface area (TPSA) is 85.1 Å². The number of nitrogens with zero attached hydrogens (tertiary/aromatic N) is 6. The molecular formula is C26H28ClFN6O3. The average molecular weight is 527 g/mol. The van der Waals surface area contributed by atoms with Crippen molar-refractivity contribution in [3.05, 3.63) is 51.3 Å². The number of morpholine rings is 1. The molecule has 2 aromatic heterocycles. The largest absolute Gasteiger partial charge is 0.377 e. The van der Waals surface area contributed by atoms with Crippen molar-refractivity contribution in [3.63, 3.8) is 0 Å². The quantitative estimate of drug-likeness (QED) is 0.516. The molecule has 194 valence electrons. The van der Waals surface area contributed by atoms with Crippen molar-refractivity contribution < 1.29 is 13.9 Å². The van der Waals surface area contributed by atoms with Gasteiger partial charge in [0, 0.05) is 49.5 Å². The third-order valence-corrected chi connectivity index (χ3v) is 7.86. The summed E-state index contributed by atoms with van der Waals surface area (Å²) in [6, 6.07) is 6.50. The zero-order valence-corrected chi connectivity index (χ0v) is 21.7. The molecule has 9 nitrogen and oxygen atoms in total. The van der Waals surface area contributed by atoms with Crippen LogP contribution in [0.3, 0.4) is 0 Å². The SMILES string of the molecule is Cc1nc2cc(N3CCO[C@@H](C4(C)C=NN(C5COC5)C4)C3)nc(-c3ccc(Cl)cc3F)c2c(=O)n1C. The molecule has 2 atom stereocenters. The van der Waals surface area contributed by atoms with E-state index in [1.165, 1.54) is 10.6 Å². The number of hydrogen-bond donors (Lipinski definition) is 0. The number of ether oxygens (including phenoxy) is 2. The molecule has 1 unspecified atom stereocenters. The van der Waals surface area contributed by atoms with Gasteiger partial charge in [0.15, 0.2) is 0 Å². The van der Waals surface area contributed by atoms with Gasteiger partial charge in [-0.3, -0.25) is 14.4 Å². The van der Waals surface area contributed by atoms with Crippen molar-refractivity contribution in [3.8, 4) is 11.3 Å². The van der Waals surface area contributed by atoms with Crippen molar-refractivity contribution >= 4 is 34.5 Å². The maximum atomic E-state index is 15.1. The number of rotatable bonds is 4. The van der Waals surface area contributed by atoms with Gasteiger partial charge in [0.25, 0.3) is 5.56 Å². The van der Waals surface area contributed by atoms with E-state index in [1.54, 1.807) is 26.1 Å². The molecule has 3 aliphatic rings. The Morgan fingerprint density at radius 1 is 1.22 bits per heavy atom. The van der Waals surface area contributed by atoms with E-state index in [9.17, 15) is 4.79 Å². The Balaban J connectivity index is 1.39. The van der Waals surface area contributed by atoms with Gasteiger partial charge >= 0.3 is 0 Å². The molecule has 6 rings (SSSR count). The van der Waals surface area contributed by atoms with Crippen LogP contribution in [0.5, 0.6) is 0 Å². The first-order chi connectivity index (χ1) is 17.7. The molecule has 0 bridgehead atoms. The van der Waals surface area contributed by atoms with Gasteiger partial charge in [-0.15, -0.1) is 0 Å². The lowest BCUT2D eigenvalue weighted by atomic mass is 9.84. The minimum Gasteiger partial charge on any atom is -0.377 e. The predicted octanol–water partition coefficient (Wildman–Crippen LogP) is 3.01. The molecule has 37 heavy (non-hydrogen) atoms. The first-order valence-electron chi connectivity index (χ1n) is 12.3. The maximum absolute atomic E-state index is 15.1. The molecule has 0 spiro atoms. The second-order valence-electron chi connectivity index (χ2n) is 10.2. The van der Waals surface area contributed by atoms with Gasteiger partial charge in [0.1, 0.15) is 17.5 Å². The number of hydrogen-bond acceptors (Lipinski definition) is 8. The third kappa shape index (κ3) is 4.17. The van der Waals surface area contributed by atoms with Crippen LogP contribution >= 0.6 is 11.6 Å². The summed E-state index contributed by atoms with van der Waals surface area (Å²) in [7, 11) is 1.65. The fraction of sp³-hybridized carbons (Fsp3) is 0.462. The highest BCUT2D eigenvalue weighted by Crippen LogP contribution is 2.35. The number of aromatic nitrogens is 3. The van der Waals surface area contributed by atoms with E-state index in [-0.39, 0.29) is 38.7 Å². The van der Waals surface area contributed by atoms with Gasteiger partial charge in [-0.05, 0) is 25.1 Å². The minimum atomic E-state index is -0.546. The highest BCUT2D eigenvalue weighted by atomic mass is 35.5. The first-order valence-corrected chi connectivity index (χ1v) is 12.7. The highest BCUT2D eigenvalue weighted by Gasteiger charge is 2.44. The van der Waals surface area contributed by atoms with E-state index in [1.807, 2.05) is 12.3 Å². The van der Waals surface area contributed by atoms with E-state index < -0.39 is 5.82 Å². The van der Waals surface area contributed by atoms with Gasteiger partial charge in [-0.1, -0.05) is 18.5 Å². The zero-order chi connectivity index (χ0) is 25.9. The number of aryl methyl sites for hydroxylation is 1. The first kappa shape index (κ1) is 24.3. The summed E-state index contributed by atoms with van der Waals surface area (Å²) in [6.45, 7) is 7.76. The van der Waals surface area contributed by atoms with Crippen molar-refractivity contribution in [1.29, 1.82) is 0 Å². The Bertz CT molecular complexity index is 1470. The van der Waals surface area contributed by atoms with Gasteiger partial charge in [-0.2, -0.15) is 5.10 Å². The van der Waals surface area contributed by atoms with Crippen LogP contribution in [-0.4, -0.2) is 77.4 Å². The van der Waals surface area contributed by atoms with Crippen LogP contribution in [0.1, 0.15) is 12.7 Å². The molecule has 5 heterocycles. The lowest BCUT2D eigenvalue weighted by molar-refractivity contribution is -0.0773. The monoisotopic (exact) mass is 526 g/mol. The standard InChI is InChI=1S/C26H28ClFN6O3/c1-15-30-20-9-22(31-24(23(20)25(35)32(15)3)18-5-4-16(27)8-19(18)28)33-6-7-37-21(10-33)26(2)13-29-34(14-26)17-11-36-12-17/h4-5,8-9,13,17,21H,6-7,10-12,14H2,1-3H3/t21-,26?/m1/s1. The smallest absolute Gasteiger partial charge is 0.263 e. The molecule has 0 aliphatic carbocycles. The molecule has 0 N–H and O–H groups in total. The van der Waals surface area contributed by atoms with Crippen molar-refractivity contribution in [2.24, 2.45) is 17.6 Å². The molecule has 1 aromatic carbocycles. The van der Waals surface area contributed by atoms with Crippen molar-refractivity contribution in [2.75, 3.05) is 44.4 Å². The molecule has 0 amide bonds. The molecule has 0 radical (unpaired) electrons. The molecule has 2 fully saturated rings. The predicted molar refractivity (Wildman–Crippen MR) is 140 cm³/mol. The summed E-state index contributed by atoms with van der Waals surface area (Å²) >= 11 is 6.01. The lowest BCUT2D eigenvalue weighted by Gasteiger charge is -2.42. The summed E-state index contributed by atoms with van der Waals surface area (Å²) in [5.41, 5.74) is 0.379. The van der Waals surface area contributed by atoms with Crippen LogP contribution in [-0.2, 0) is 16.5 Å². The summed E-state index contributed by atoms with van der Waals surface area (Å²) in [4.78, 5) is 24.9. The van der Waals surface area contributed by atoms with E-state index in [2.05, 4.69) is 26.9 Å². The fourth-order valence-corrected chi connectivity index (χ4v) is 5.28. The molecule has 3 aromatic rings. The van der Waals surface area contributed by atoms with Gasteiger partial charge in [0.05, 0.1) is 54.0 Å². The number of halogens is 2. The average Bonchev–Trinajstić information content (AvgIpc) is 3.23. The number of hydrazone groups is 1. The number of fused-ring (bicyclic) bond motifs is 1.